The van der Waals surface area contributed by atoms with Crippen molar-refractivity contribution in [2.24, 2.45) is 0 Å². The average Bonchev–Trinajstić information content (AvgIpc) is 3.14. The van der Waals surface area contributed by atoms with Crippen LogP contribution in [0, 0.1) is 0 Å². The van der Waals surface area contributed by atoms with E-state index in [4.69, 9.17) is 9.15 Å². The van der Waals surface area contributed by atoms with Crippen molar-refractivity contribution in [1.29, 1.82) is 0 Å². The lowest BCUT2D eigenvalue weighted by atomic mass is 9.82. The van der Waals surface area contributed by atoms with Gasteiger partial charge in [0.05, 0.1) is 18.3 Å². The number of hydrogen-bond acceptors (Lipinski definition) is 7. The fourth-order valence-corrected chi connectivity index (χ4v) is 4.52. The van der Waals surface area contributed by atoms with Crippen LogP contribution in [-0.2, 0) is 19.0 Å². The van der Waals surface area contributed by atoms with E-state index < -0.39 is 31.0 Å². The number of ether oxygens (including phenoxy) is 3. The average molecular weight is 501 g/mol. The molecule has 0 aliphatic heterocycles. The van der Waals surface area contributed by atoms with Gasteiger partial charge in [-0.2, -0.15) is 0 Å². The predicted octanol–water partition coefficient (Wildman–Crippen LogP) is 4.08. The number of halogens is 6. The number of carbonyl (C=O) groups is 1. The Kier molecular flexibility index (Phi) is 7.38. The molecule has 1 N–H and O–H groups in total. The van der Waals surface area contributed by atoms with Gasteiger partial charge in [-0.3, -0.25) is 14.3 Å². The van der Waals surface area contributed by atoms with Crippen LogP contribution in [0.2, 0.25) is 0 Å². The van der Waals surface area contributed by atoms with Gasteiger partial charge in [0.1, 0.15) is 6.61 Å². The van der Waals surface area contributed by atoms with Crippen LogP contribution in [0.15, 0.2) is 4.42 Å². The molecule has 3 fully saturated rings. The molecule has 1 heterocycles. The van der Waals surface area contributed by atoms with Crippen LogP contribution in [-0.4, -0.2) is 59.8 Å². The minimum Gasteiger partial charge on any atom is -0.425 e. The molecule has 34 heavy (non-hydrogen) atoms. The van der Waals surface area contributed by atoms with E-state index in [-0.39, 0.29) is 56.1 Å². The summed E-state index contributed by atoms with van der Waals surface area (Å²) in [4.78, 5) is 12.1. The smallest absolute Gasteiger partial charge is 0.425 e. The lowest BCUT2D eigenvalue weighted by Crippen LogP contribution is -2.44. The number of rotatable bonds is 8. The zero-order chi connectivity index (χ0) is 24.5. The van der Waals surface area contributed by atoms with Gasteiger partial charge in [0.15, 0.2) is 0 Å². The van der Waals surface area contributed by atoms with Crippen LogP contribution in [0.5, 0.6) is 0 Å². The summed E-state index contributed by atoms with van der Waals surface area (Å²) in [5.74, 6) is 0.209. The Morgan fingerprint density at radius 3 is 1.91 bits per heavy atom. The Morgan fingerprint density at radius 2 is 1.35 bits per heavy atom. The standard InChI is InChI=1S/C20H25F6N3O5/c21-19(22,23)33-14-5-11(6-14)18-29-28-17(32-18)10-1-3-12(4-2-10)27-16(30)9-31-13-7-15(8-13)34-20(24,25)26/h10-15H,1-9H2,(H,27,30). The summed E-state index contributed by atoms with van der Waals surface area (Å²) in [6.45, 7) is -0.225. The summed E-state index contributed by atoms with van der Waals surface area (Å²) in [7, 11) is 0. The zero-order valence-corrected chi connectivity index (χ0v) is 18.0. The minimum absolute atomic E-state index is 0.00786. The van der Waals surface area contributed by atoms with Crippen LogP contribution in [0.25, 0.3) is 0 Å². The van der Waals surface area contributed by atoms with Crippen molar-refractivity contribution in [3.63, 3.8) is 0 Å². The highest BCUT2D eigenvalue weighted by atomic mass is 19.4. The second-order valence-electron chi connectivity index (χ2n) is 9.04. The second kappa shape index (κ2) is 9.97. The Bertz CT molecular complexity index is 827. The van der Waals surface area contributed by atoms with E-state index in [1.165, 1.54) is 0 Å². The Labute approximate surface area is 190 Å². The molecular formula is C20H25F6N3O5. The van der Waals surface area contributed by atoms with Gasteiger partial charge in [-0.05, 0) is 38.5 Å². The van der Waals surface area contributed by atoms with Crippen LogP contribution in [0.3, 0.4) is 0 Å². The number of carbonyl (C=O) groups excluding carboxylic acids is 1. The molecule has 8 nitrogen and oxygen atoms in total. The molecule has 14 heteroatoms. The van der Waals surface area contributed by atoms with Gasteiger partial charge in [0.2, 0.25) is 17.7 Å². The summed E-state index contributed by atoms with van der Waals surface area (Å²) >= 11 is 0. The lowest BCUT2D eigenvalue weighted by molar-refractivity contribution is -0.357. The zero-order valence-electron chi connectivity index (χ0n) is 18.0. The number of amides is 1. The fraction of sp³-hybridized carbons (Fsp3) is 0.850. The number of nitrogens with one attached hydrogen (secondary N) is 1. The van der Waals surface area contributed by atoms with Crippen molar-refractivity contribution in [3.8, 4) is 0 Å². The summed E-state index contributed by atoms with van der Waals surface area (Å²) in [6.07, 6.45) is -8.27. The fourth-order valence-electron chi connectivity index (χ4n) is 4.52. The maximum absolute atomic E-state index is 12.2. The number of hydrogen-bond donors (Lipinski definition) is 1. The molecule has 0 saturated heterocycles. The first-order valence-electron chi connectivity index (χ1n) is 11.2. The molecule has 192 valence electrons. The molecular weight excluding hydrogens is 476 g/mol. The molecule has 3 aliphatic carbocycles. The molecule has 0 unspecified atom stereocenters. The second-order valence-corrected chi connectivity index (χ2v) is 9.04. The van der Waals surface area contributed by atoms with Crippen LogP contribution >= 0.6 is 0 Å². The molecule has 0 radical (unpaired) electrons. The molecule has 0 aromatic carbocycles. The van der Waals surface area contributed by atoms with Gasteiger partial charge in [-0.1, -0.05) is 0 Å². The highest BCUT2D eigenvalue weighted by Crippen LogP contribution is 2.42. The van der Waals surface area contributed by atoms with Crippen LogP contribution in [0.1, 0.15) is 75.0 Å². The van der Waals surface area contributed by atoms with E-state index in [2.05, 4.69) is 25.0 Å². The topological polar surface area (TPSA) is 95.7 Å². The Morgan fingerprint density at radius 1 is 0.824 bits per heavy atom. The van der Waals surface area contributed by atoms with E-state index in [1.807, 2.05) is 0 Å². The van der Waals surface area contributed by atoms with Crippen LogP contribution in [0.4, 0.5) is 26.3 Å². The quantitative estimate of drug-likeness (QED) is 0.537. The number of aromatic nitrogens is 2. The first-order chi connectivity index (χ1) is 15.9. The summed E-state index contributed by atoms with van der Waals surface area (Å²) < 4.78 is 91.9. The molecule has 4 rings (SSSR count). The summed E-state index contributed by atoms with van der Waals surface area (Å²) in [5.41, 5.74) is 0. The Balaban J connectivity index is 1.11. The molecule has 0 bridgehead atoms. The third-order valence-corrected chi connectivity index (χ3v) is 6.44. The van der Waals surface area contributed by atoms with Crippen molar-refractivity contribution < 1.29 is 49.8 Å². The minimum atomic E-state index is -4.67. The molecule has 3 saturated carbocycles. The van der Waals surface area contributed by atoms with Crippen molar-refractivity contribution in [2.45, 2.75) is 100 Å². The van der Waals surface area contributed by atoms with Gasteiger partial charge in [0, 0.05) is 30.7 Å². The van der Waals surface area contributed by atoms with Crippen molar-refractivity contribution in [3.05, 3.63) is 11.8 Å². The largest absolute Gasteiger partial charge is 0.522 e. The van der Waals surface area contributed by atoms with Crippen molar-refractivity contribution in [2.75, 3.05) is 6.61 Å². The van der Waals surface area contributed by atoms with E-state index in [0.717, 1.165) is 0 Å². The van der Waals surface area contributed by atoms with Gasteiger partial charge in [-0.15, -0.1) is 36.5 Å². The first-order valence-corrected chi connectivity index (χ1v) is 11.2. The van der Waals surface area contributed by atoms with E-state index in [9.17, 15) is 31.1 Å². The number of alkyl halides is 6. The molecule has 3 aliphatic rings. The first kappa shape index (κ1) is 25.2. The van der Waals surface area contributed by atoms with E-state index in [1.54, 1.807) is 0 Å². The highest BCUT2D eigenvalue weighted by Gasteiger charge is 2.43. The lowest BCUT2D eigenvalue weighted by Gasteiger charge is -2.35. The maximum Gasteiger partial charge on any atom is 0.522 e. The molecule has 0 spiro atoms. The van der Waals surface area contributed by atoms with Gasteiger partial charge >= 0.3 is 12.7 Å². The van der Waals surface area contributed by atoms with Crippen molar-refractivity contribution >= 4 is 5.91 Å². The molecule has 1 amide bonds. The maximum atomic E-state index is 12.2. The monoisotopic (exact) mass is 501 g/mol. The molecule has 1 aromatic rings. The van der Waals surface area contributed by atoms with E-state index >= 15 is 0 Å². The van der Waals surface area contributed by atoms with Crippen molar-refractivity contribution in [1.82, 2.24) is 15.5 Å². The van der Waals surface area contributed by atoms with Crippen LogP contribution < -0.4 is 5.32 Å². The van der Waals surface area contributed by atoms with Gasteiger partial charge in [-0.25, -0.2) is 0 Å². The summed E-state index contributed by atoms with van der Waals surface area (Å²) in [6, 6.07) is -0.0654. The summed E-state index contributed by atoms with van der Waals surface area (Å²) in [5, 5.41) is 10.9. The third kappa shape index (κ3) is 7.04. The number of nitrogens with zero attached hydrogens (tertiary/aromatic N) is 2. The normalized spacial score (nSPS) is 32.1. The SMILES string of the molecule is O=C(COC1CC(OC(F)(F)F)C1)NC1CCC(c2nnc(C3CC(OC(F)(F)F)C3)o2)CC1. The Hall–Kier alpha value is -1.93. The predicted molar refractivity (Wildman–Crippen MR) is 100 cm³/mol. The van der Waals surface area contributed by atoms with Gasteiger partial charge in [0.25, 0.3) is 0 Å². The molecule has 0 atom stereocenters. The molecule has 1 aromatic heterocycles. The third-order valence-electron chi connectivity index (χ3n) is 6.44. The van der Waals surface area contributed by atoms with Gasteiger partial charge < -0.3 is 14.5 Å². The van der Waals surface area contributed by atoms with E-state index in [0.29, 0.717) is 37.5 Å². The highest BCUT2D eigenvalue weighted by molar-refractivity contribution is 5.77.